The Balaban J connectivity index is 1.88. The minimum Gasteiger partial charge on any atom is -0.488 e. The number of hydrogen-bond donors (Lipinski definition) is 1. The third-order valence-corrected chi connectivity index (χ3v) is 3.22. The first-order valence-corrected chi connectivity index (χ1v) is 5.75. The summed E-state index contributed by atoms with van der Waals surface area (Å²) in [6.45, 7) is 1.79. The quantitative estimate of drug-likeness (QED) is 0.786. The Morgan fingerprint density at radius 2 is 1.88 bits per heavy atom. The van der Waals surface area contributed by atoms with Gasteiger partial charge in [-0.2, -0.15) is 0 Å². The van der Waals surface area contributed by atoms with Gasteiger partial charge in [0.25, 0.3) is 5.87 Å². The zero-order chi connectivity index (χ0) is 11.4. The topological polar surface area (TPSA) is 40.5 Å². The number of carboxylic acid groups (broad SMARTS) is 1. The average molecular weight is 217 g/mol. The first-order chi connectivity index (χ1) is 7.75. The molecule has 0 bridgehead atoms. The first kappa shape index (κ1) is 11.2. The zero-order valence-electron chi connectivity index (χ0n) is 9.30. The van der Waals surface area contributed by atoms with Gasteiger partial charge in [-0.05, 0) is 37.4 Å². The molecule has 1 aromatic rings. The molecule has 0 saturated carbocycles. The van der Waals surface area contributed by atoms with Crippen molar-refractivity contribution in [3.8, 4) is 0 Å². The third kappa shape index (κ3) is 2.86. The molecule has 0 radical (unpaired) electrons. The van der Waals surface area contributed by atoms with Crippen molar-refractivity contribution in [1.82, 2.24) is 4.81 Å². The lowest BCUT2D eigenvalue weighted by Gasteiger charge is -2.30. The zero-order valence-corrected chi connectivity index (χ0v) is 9.30. The van der Waals surface area contributed by atoms with Crippen LogP contribution in [0.25, 0.3) is 0 Å². The standard InChI is InChI=1S/C12H16BNO2/c15-12(16)13-14-8-6-11(7-9-14)10-4-2-1-3-5-10/h1-5,11,13H,6-9H2,(H,15,16). The monoisotopic (exact) mass is 217 g/mol. The molecule has 1 aliphatic heterocycles. The van der Waals surface area contributed by atoms with E-state index in [1.165, 1.54) is 5.56 Å². The molecule has 2 rings (SSSR count). The van der Waals surface area contributed by atoms with Gasteiger partial charge >= 0.3 is 7.41 Å². The third-order valence-electron chi connectivity index (χ3n) is 3.22. The smallest absolute Gasteiger partial charge is 0.340 e. The summed E-state index contributed by atoms with van der Waals surface area (Å²) in [5, 5.41) is 8.71. The Hall–Kier alpha value is -1.29. The lowest BCUT2D eigenvalue weighted by molar-refractivity contribution is 0.215. The fourth-order valence-electron chi connectivity index (χ4n) is 2.34. The van der Waals surface area contributed by atoms with Crippen molar-refractivity contribution in [3.05, 3.63) is 35.9 Å². The fraction of sp³-hybridized carbons (Fsp3) is 0.417. The second kappa shape index (κ2) is 5.17. The molecule has 4 heteroatoms. The van der Waals surface area contributed by atoms with Crippen LogP contribution in [0.2, 0.25) is 0 Å². The Labute approximate surface area is 96.3 Å². The number of rotatable bonds is 3. The van der Waals surface area contributed by atoms with Crippen LogP contribution in [0.3, 0.4) is 0 Å². The highest BCUT2D eigenvalue weighted by molar-refractivity contribution is 6.69. The summed E-state index contributed by atoms with van der Waals surface area (Å²) >= 11 is 0. The van der Waals surface area contributed by atoms with Crippen LogP contribution in [0.5, 0.6) is 0 Å². The van der Waals surface area contributed by atoms with Crippen molar-refractivity contribution in [2.45, 2.75) is 18.8 Å². The minimum absolute atomic E-state index is 0.182. The van der Waals surface area contributed by atoms with E-state index in [1.54, 1.807) is 0 Å². The van der Waals surface area contributed by atoms with Gasteiger partial charge in [0.1, 0.15) is 0 Å². The number of hydrogen-bond acceptors (Lipinski definition) is 2. The van der Waals surface area contributed by atoms with Crippen LogP contribution < -0.4 is 0 Å². The predicted molar refractivity (Wildman–Crippen MR) is 65.2 cm³/mol. The summed E-state index contributed by atoms with van der Waals surface area (Å²) in [6.07, 6.45) is 2.13. The molecule has 0 amide bonds. The molecule has 0 atom stereocenters. The van der Waals surface area contributed by atoms with Crippen LogP contribution in [-0.2, 0) is 0 Å². The second-order valence-electron chi connectivity index (χ2n) is 4.35. The van der Waals surface area contributed by atoms with Crippen LogP contribution in [0, 0.1) is 0 Å². The van der Waals surface area contributed by atoms with Gasteiger partial charge in [0.15, 0.2) is 0 Å². The molecule has 1 heterocycles. The molecule has 1 aliphatic rings. The molecule has 1 fully saturated rings. The van der Waals surface area contributed by atoms with Crippen LogP contribution in [0.15, 0.2) is 30.3 Å². The Bertz CT molecular complexity index is 347. The van der Waals surface area contributed by atoms with Crippen molar-refractivity contribution in [2.75, 3.05) is 13.1 Å². The molecule has 1 aromatic carbocycles. The fourth-order valence-corrected chi connectivity index (χ4v) is 2.34. The number of carbonyl (C=O) groups is 1. The van der Waals surface area contributed by atoms with Gasteiger partial charge in [0, 0.05) is 0 Å². The van der Waals surface area contributed by atoms with Gasteiger partial charge in [0.05, 0.1) is 0 Å². The molecular weight excluding hydrogens is 201 g/mol. The maximum absolute atomic E-state index is 10.6. The van der Waals surface area contributed by atoms with Crippen molar-refractivity contribution < 1.29 is 9.90 Å². The maximum atomic E-state index is 10.6. The Morgan fingerprint density at radius 3 is 2.44 bits per heavy atom. The van der Waals surface area contributed by atoms with Crippen molar-refractivity contribution in [2.24, 2.45) is 0 Å². The lowest BCUT2D eigenvalue weighted by atomic mass is 9.83. The highest BCUT2D eigenvalue weighted by atomic mass is 16.4. The Morgan fingerprint density at radius 1 is 1.25 bits per heavy atom. The van der Waals surface area contributed by atoms with E-state index < -0.39 is 5.87 Å². The van der Waals surface area contributed by atoms with Gasteiger partial charge in [-0.1, -0.05) is 30.3 Å². The Kier molecular flexibility index (Phi) is 3.62. The molecule has 84 valence electrons. The van der Waals surface area contributed by atoms with Crippen LogP contribution in [-0.4, -0.2) is 36.3 Å². The normalized spacial score (nSPS) is 18.2. The van der Waals surface area contributed by atoms with E-state index in [-0.39, 0.29) is 7.41 Å². The van der Waals surface area contributed by atoms with Crippen molar-refractivity contribution in [1.29, 1.82) is 0 Å². The van der Waals surface area contributed by atoms with E-state index in [0.717, 1.165) is 25.9 Å². The summed E-state index contributed by atoms with van der Waals surface area (Å²) in [5.41, 5.74) is 1.39. The van der Waals surface area contributed by atoms with E-state index in [4.69, 9.17) is 5.11 Å². The minimum atomic E-state index is -0.724. The first-order valence-electron chi connectivity index (χ1n) is 5.75. The molecule has 0 aliphatic carbocycles. The summed E-state index contributed by atoms with van der Waals surface area (Å²) in [7, 11) is 0.182. The molecule has 16 heavy (non-hydrogen) atoms. The van der Waals surface area contributed by atoms with Crippen LogP contribution in [0.1, 0.15) is 24.3 Å². The highest BCUT2D eigenvalue weighted by Crippen LogP contribution is 2.27. The number of piperidine rings is 1. The van der Waals surface area contributed by atoms with Gasteiger partial charge < -0.3 is 9.92 Å². The largest absolute Gasteiger partial charge is 0.488 e. The van der Waals surface area contributed by atoms with Gasteiger partial charge in [0.2, 0.25) is 0 Å². The summed E-state index contributed by atoms with van der Waals surface area (Å²) in [4.78, 5) is 12.6. The van der Waals surface area contributed by atoms with E-state index in [0.29, 0.717) is 5.92 Å². The number of benzene rings is 1. The number of nitrogens with zero attached hydrogens (tertiary/aromatic N) is 1. The summed E-state index contributed by atoms with van der Waals surface area (Å²) < 4.78 is 0. The molecule has 3 nitrogen and oxygen atoms in total. The highest BCUT2D eigenvalue weighted by Gasteiger charge is 2.22. The molecule has 0 unspecified atom stereocenters. The van der Waals surface area contributed by atoms with E-state index in [2.05, 4.69) is 24.3 Å². The van der Waals surface area contributed by atoms with E-state index in [9.17, 15) is 4.79 Å². The predicted octanol–water partition coefficient (Wildman–Crippen LogP) is 1.90. The van der Waals surface area contributed by atoms with Crippen LogP contribution in [0.4, 0.5) is 4.79 Å². The molecule has 0 spiro atoms. The van der Waals surface area contributed by atoms with E-state index >= 15 is 0 Å². The van der Waals surface area contributed by atoms with Gasteiger partial charge in [-0.25, -0.2) is 0 Å². The summed E-state index contributed by atoms with van der Waals surface area (Å²) in [6, 6.07) is 10.5. The van der Waals surface area contributed by atoms with E-state index in [1.807, 2.05) is 10.9 Å². The van der Waals surface area contributed by atoms with Gasteiger partial charge in [-0.3, -0.25) is 4.79 Å². The molecule has 1 saturated heterocycles. The van der Waals surface area contributed by atoms with Crippen molar-refractivity contribution >= 4 is 13.3 Å². The molecule has 0 aromatic heterocycles. The molecular formula is C12H16BNO2. The lowest BCUT2D eigenvalue weighted by Crippen LogP contribution is -2.39. The van der Waals surface area contributed by atoms with Gasteiger partial charge in [-0.15, -0.1) is 0 Å². The molecule has 1 N–H and O–H groups in total. The van der Waals surface area contributed by atoms with Crippen molar-refractivity contribution in [3.63, 3.8) is 0 Å². The SMILES string of the molecule is O=C(O)BN1CCC(c2ccccc2)CC1. The van der Waals surface area contributed by atoms with Crippen LogP contribution >= 0.6 is 0 Å². The average Bonchev–Trinajstić information content (AvgIpc) is 2.30. The second-order valence-corrected chi connectivity index (χ2v) is 4.35. The maximum Gasteiger partial charge on any atom is 0.340 e. The summed E-state index contributed by atoms with van der Waals surface area (Å²) in [5.74, 6) is -0.121.